The van der Waals surface area contributed by atoms with Gasteiger partial charge in [-0.05, 0) is 42.3 Å². The zero-order valence-corrected chi connectivity index (χ0v) is 18.4. The number of thioether (sulfide) groups is 1. The SMILES string of the molecule is CC(=O)N1c2ccc(-c3ccc(C(=O)N4CCSCC4)cc3)cc2N(C(=O)O)C[C@@H]1C. The van der Waals surface area contributed by atoms with Crippen LogP contribution in [0.1, 0.15) is 24.2 Å². The van der Waals surface area contributed by atoms with Gasteiger partial charge in [-0.3, -0.25) is 14.5 Å². The molecule has 3 amide bonds. The molecule has 8 heteroatoms. The van der Waals surface area contributed by atoms with E-state index in [1.807, 2.05) is 53.9 Å². The average molecular weight is 440 g/mol. The molecule has 0 saturated carbocycles. The second-order valence-electron chi connectivity index (χ2n) is 7.82. The number of nitrogens with zero attached hydrogens (tertiary/aromatic N) is 3. The molecular formula is C23H25N3O4S. The molecule has 2 aliphatic heterocycles. The van der Waals surface area contributed by atoms with Crippen LogP contribution < -0.4 is 9.80 Å². The fourth-order valence-electron chi connectivity index (χ4n) is 4.22. The lowest BCUT2D eigenvalue weighted by atomic mass is 9.99. The van der Waals surface area contributed by atoms with Crippen LogP contribution >= 0.6 is 11.8 Å². The Bertz CT molecular complexity index is 1020. The number of rotatable bonds is 2. The number of carbonyl (C=O) groups excluding carboxylic acids is 2. The maximum atomic E-state index is 12.7. The molecule has 0 radical (unpaired) electrons. The summed E-state index contributed by atoms with van der Waals surface area (Å²) < 4.78 is 0. The van der Waals surface area contributed by atoms with Gasteiger partial charge in [-0.2, -0.15) is 11.8 Å². The third-order valence-corrected chi connectivity index (χ3v) is 6.69. The molecule has 1 saturated heterocycles. The summed E-state index contributed by atoms with van der Waals surface area (Å²) in [5, 5.41) is 9.69. The van der Waals surface area contributed by atoms with Crippen molar-refractivity contribution in [3.8, 4) is 11.1 Å². The van der Waals surface area contributed by atoms with Crippen LogP contribution in [0.15, 0.2) is 42.5 Å². The van der Waals surface area contributed by atoms with E-state index in [2.05, 4.69) is 0 Å². The molecule has 0 bridgehead atoms. The number of amides is 3. The second-order valence-corrected chi connectivity index (χ2v) is 9.04. The number of hydrogen-bond acceptors (Lipinski definition) is 4. The van der Waals surface area contributed by atoms with Gasteiger partial charge in [-0.1, -0.05) is 18.2 Å². The normalized spacial score (nSPS) is 18.5. The summed E-state index contributed by atoms with van der Waals surface area (Å²) in [6.45, 7) is 5.08. The number of carbonyl (C=O) groups is 3. The zero-order valence-electron chi connectivity index (χ0n) is 17.6. The Hall–Kier alpha value is -3.00. The van der Waals surface area contributed by atoms with Crippen LogP contribution in [-0.2, 0) is 4.79 Å². The first-order valence-electron chi connectivity index (χ1n) is 10.3. The highest BCUT2D eigenvalue weighted by Crippen LogP contribution is 2.39. The molecule has 31 heavy (non-hydrogen) atoms. The van der Waals surface area contributed by atoms with E-state index >= 15 is 0 Å². The Kier molecular flexibility index (Phi) is 5.91. The van der Waals surface area contributed by atoms with E-state index in [1.54, 1.807) is 17.0 Å². The minimum atomic E-state index is -1.05. The summed E-state index contributed by atoms with van der Waals surface area (Å²) in [5.41, 5.74) is 3.44. The second kappa shape index (κ2) is 8.63. The topological polar surface area (TPSA) is 81.2 Å². The standard InChI is InChI=1S/C23H25N3O4S/c1-15-14-25(23(29)30)21-13-19(7-8-20(21)26(15)16(2)27)17-3-5-18(6-4-17)22(28)24-9-11-31-12-10-24/h3-8,13,15H,9-12,14H2,1-2H3,(H,29,30)/t15-/m0/s1. The summed E-state index contributed by atoms with van der Waals surface area (Å²) in [6, 6.07) is 12.6. The van der Waals surface area contributed by atoms with E-state index < -0.39 is 6.09 Å². The summed E-state index contributed by atoms with van der Waals surface area (Å²) in [6.07, 6.45) is -1.05. The number of fused-ring (bicyclic) bond motifs is 1. The van der Waals surface area contributed by atoms with Crippen LogP contribution in [0.4, 0.5) is 16.2 Å². The fourth-order valence-corrected chi connectivity index (χ4v) is 5.12. The molecule has 7 nitrogen and oxygen atoms in total. The average Bonchev–Trinajstić information content (AvgIpc) is 2.78. The van der Waals surface area contributed by atoms with E-state index in [9.17, 15) is 19.5 Å². The van der Waals surface area contributed by atoms with Crippen molar-refractivity contribution < 1.29 is 19.5 Å². The van der Waals surface area contributed by atoms with Gasteiger partial charge in [0.15, 0.2) is 0 Å². The third-order valence-electron chi connectivity index (χ3n) is 5.75. The van der Waals surface area contributed by atoms with Crippen molar-refractivity contribution in [3.05, 3.63) is 48.0 Å². The van der Waals surface area contributed by atoms with E-state index in [0.29, 0.717) is 16.9 Å². The molecule has 4 rings (SSSR count). The molecule has 0 spiro atoms. The first-order valence-corrected chi connectivity index (χ1v) is 11.4. The Balaban J connectivity index is 1.65. The Morgan fingerprint density at radius 1 is 0.968 bits per heavy atom. The zero-order chi connectivity index (χ0) is 22.1. The predicted octanol–water partition coefficient (Wildman–Crippen LogP) is 3.78. The van der Waals surface area contributed by atoms with Gasteiger partial charge >= 0.3 is 6.09 Å². The monoisotopic (exact) mass is 439 g/mol. The van der Waals surface area contributed by atoms with Crippen molar-refractivity contribution in [2.24, 2.45) is 0 Å². The molecule has 2 aromatic rings. The highest BCUT2D eigenvalue weighted by Gasteiger charge is 2.33. The molecule has 0 aliphatic carbocycles. The number of carboxylic acid groups (broad SMARTS) is 1. The van der Waals surface area contributed by atoms with Gasteiger partial charge in [0, 0.05) is 43.6 Å². The van der Waals surface area contributed by atoms with E-state index in [1.165, 1.54) is 11.8 Å². The molecule has 2 heterocycles. The Morgan fingerprint density at radius 3 is 2.23 bits per heavy atom. The minimum absolute atomic E-state index is 0.0421. The quantitative estimate of drug-likeness (QED) is 0.770. The molecule has 0 unspecified atom stereocenters. The largest absolute Gasteiger partial charge is 0.465 e. The molecule has 162 valence electrons. The van der Waals surface area contributed by atoms with Gasteiger partial charge in [-0.25, -0.2) is 4.79 Å². The van der Waals surface area contributed by atoms with E-state index in [4.69, 9.17) is 0 Å². The van der Waals surface area contributed by atoms with Gasteiger partial charge < -0.3 is 14.9 Å². The van der Waals surface area contributed by atoms with Gasteiger partial charge in [0.1, 0.15) is 0 Å². The van der Waals surface area contributed by atoms with Crippen LogP contribution in [0.2, 0.25) is 0 Å². The van der Waals surface area contributed by atoms with Gasteiger partial charge in [-0.15, -0.1) is 0 Å². The molecule has 2 aromatic carbocycles. The lowest BCUT2D eigenvalue weighted by Crippen LogP contribution is -2.51. The first kappa shape index (κ1) is 21.2. The highest BCUT2D eigenvalue weighted by atomic mass is 32.2. The number of anilines is 2. The van der Waals surface area contributed by atoms with Crippen LogP contribution in [0.5, 0.6) is 0 Å². The molecule has 1 atom stereocenters. The maximum absolute atomic E-state index is 12.7. The highest BCUT2D eigenvalue weighted by molar-refractivity contribution is 7.99. The van der Waals surface area contributed by atoms with Crippen LogP contribution in [-0.4, -0.2) is 65.1 Å². The van der Waals surface area contributed by atoms with Gasteiger partial charge in [0.25, 0.3) is 5.91 Å². The van der Waals surface area contributed by atoms with E-state index in [-0.39, 0.29) is 24.4 Å². The van der Waals surface area contributed by atoms with Crippen molar-refractivity contribution in [2.75, 3.05) is 40.9 Å². The molecule has 1 N–H and O–H groups in total. The van der Waals surface area contributed by atoms with E-state index in [0.717, 1.165) is 35.7 Å². The number of benzene rings is 2. The van der Waals surface area contributed by atoms with Gasteiger partial charge in [0.2, 0.25) is 5.91 Å². The van der Waals surface area contributed by atoms with Crippen molar-refractivity contribution in [3.63, 3.8) is 0 Å². The van der Waals surface area contributed by atoms with Crippen LogP contribution in [0.3, 0.4) is 0 Å². The summed E-state index contributed by atoms with van der Waals surface area (Å²) in [7, 11) is 0. The van der Waals surface area contributed by atoms with Crippen molar-refractivity contribution in [1.29, 1.82) is 0 Å². The fraction of sp³-hybridized carbons (Fsp3) is 0.348. The smallest absolute Gasteiger partial charge is 0.411 e. The molecule has 1 fully saturated rings. The van der Waals surface area contributed by atoms with Crippen molar-refractivity contribution in [1.82, 2.24) is 4.90 Å². The molecule has 0 aromatic heterocycles. The van der Waals surface area contributed by atoms with Crippen molar-refractivity contribution in [2.45, 2.75) is 19.9 Å². The number of hydrogen-bond donors (Lipinski definition) is 1. The Labute approximate surface area is 185 Å². The summed E-state index contributed by atoms with van der Waals surface area (Å²) >= 11 is 1.86. The predicted molar refractivity (Wildman–Crippen MR) is 123 cm³/mol. The molecule has 2 aliphatic rings. The van der Waals surface area contributed by atoms with Crippen LogP contribution in [0, 0.1) is 0 Å². The minimum Gasteiger partial charge on any atom is -0.465 e. The Morgan fingerprint density at radius 2 is 1.61 bits per heavy atom. The van der Waals surface area contributed by atoms with Gasteiger partial charge in [0.05, 0.1) is 17.4 Å². The van der Waals surface area contributed by atoms with Crippen LogP contribution in [0.25, 0.3) is 11.1 Å². The molecular weight excluding hydrogens is 414 g/mol. The summed E-state index contributed by atoms with van der Waals surface area (Å²) in [5.74, 6) is 1.86. The van der Waals surface area contributed by atoms with Crippen molar-refractivity contribution >= 4 is 41.0 Å². The lowest BCUT2D eigenvalue weighted by Gasteiger charge is -2.39. The first-order chi connectivity index (χ1) is 14.9. The maximum Gasteiger partial charge on any atom is 0.411 e. The third kappa shape index (κ3) is 4.12. The lowest BCUT2D eigenvalue weighted by molar-refractivity contribution is -0.117. The summed E-state index contributed by atoms with van der Waals surface area (Å²) in [4.78, 5) is 41.5.